The average Bonchev–Trinajstić information content (AvgIpc) is 2.83. The molecule has 0 aromatic rings. The Labute approximate surface area is 111 Å². The van der Waals surface area contributed by atoms with Crippen LogP contribution in [-0.4, -0.2) is 55.2 Å². The van der Waals surface area contributed by atoms with E-state index in [1.165, 1.54) is 19.4 Å². The van der Waals surface area contributed by atoms with Crippen molar-refractivity contribution in [1.29, 1.82) is 0 Å². The number of ether oxygens (including phenoxy) is 1. The smallest absolute Gasteiger partial charge is 0.308 e. The van der Waals surface area contributed by atoms with Crippen molar-refractivity contribution in [1.82, 2.24) is 9.80 Å². The van der Waals surface area contributed by atoms with E-state index in [0.717, 1.165) is 32.7 Å². The number of rotatable bonds is 8. The van der Waals surface area contributed by atoms with Gasteiger partial charge in [-0.25, -0.2) is 0 Å². The molecule has 0 bridgehead atoms. The van der Waals surface area contributed by atoms with Crippen molar-refractivity contribution in [3.05, 3.63) is 0 Å². The van der Waals surface area contributed by atoms with E-state index in [4.69, 9.17) is 4.74 Å². The van der Waals surface area contributed by atoms with Gasteiger partial charge in [-0.2, -0.15) is 0 Å². The van der Waals surface area contributed by atoms with Crippen LogP contribution in [0, 0.1) is 5.92 Å². The summed E-state index contributed by atoms with van der Waals surface area (Å²) in [6.07, 6.45) is 3.38. The molecule has 1 unspecified atom stereocenters. The normalized spacial score (nSPS) is 19.1. The van der Waals surface area contributed by atoms with Crippen LogP contribution in [0.5, 0.6) is 0 Å². The molecular weight excluding hydrogens is 228 g/mol. The Morgan fingerprint density at radius 1 is 1.22 bits per heavy atom. The van der Waals surface area contributed by atoms with E-state index in [1.807, 2.05) is 13.8 Å². The van der Waals surface area contributed by atoms with Gasteiger partial charge in [0, 0.05) is 19.6 Å². The highest BCUT2D eigenvalue weighted by Crippen LogP contribution is 2.07. The molecule has 4 heteroatoms. The predicted molar refractivity (Wildman–Crippen MR) is 73.3 cm³/mol. The fourth-order valence-corrected chi connectivity index (χ4v) is 2.04. The van der Waals surface area contributed by atoms with Crippen LogP contribution in [0.4, 0.5) is 0 Å². The Balaban J connectivity index is 2.09. The number of unbranched alkanes of at least 4 members (excludes halogenated alkanes) is 1. The third-order valence-electron chi connectivity index (χ3n) is 3.63. The highest BCUT2D eigenvalue weighted by molar-refractivity contribution is 5.71. The van der Waals surface area contributed by atoms with Gasteiger partial charge in [0.1, 0.15) is 6.61 Å². The van der Waals surface area contributed by atoms with Gasteiger partial charge in [-0.05, 0) is 19.4 Å². The highest BCUT2D eigenvalue weighted by atomic mass is 16.5. The van der Waals surface area contributed by atoms with Gasteiger partial charge in [-0.3, -0.25) is 14.6 Å². The first kappa shape index (κ1) is 15.4. The third-order valence-corrected chi connectivity index (χ3v) is 3.63. The van der Waals surface area contributed by atoms with Crippen LogP contribution >= 0.6 is 0 Å². The lowest BCUT2D eigenvalue weighted by molar-refractivity contribution is -0.148. The molecule has 0 aromatic carbocycles. The van der Waals surface area contributed by atoms with Crippen molar-refractivity contribution in [3.63, 3.8) is 0 Å². The largest absolute Gasteiger partial charge is 0.464 e. The Morgan fingerprint density at radius 3 is 2.50 bits per heavy atom. The summed E-state index contributed by atoms with van der Waals surface area (Å²) in [4.78, 5) is 16.3. The van der Waals surface area contributed by atoms with Gasteiger partial charge in [0.15, 0.2) is 0 Å². The van der Waals surface area contributed by atoms with Crippen LogP contribution in [0.15, 0.2) is 0 Å². The van der Waals surface area contributed by atoms with Crippen molar-refractivity contribution in [3.8, 4) is 0 Å². The molecular formula is C14H28N2O2. The minimum Gasteiger partial charge on any atom is -0.464 e. The van der Waals surface area contributed by atoms with E-state index < -0.39 is 0 Å². The second kappa shape index (κ2) is 8.48. The molecule has 0 saturated carbocycles. The number of esters is 1. The number of carbonyl (C=O) groups excluding carboxylic acids is 1. The molecule has 0 N–H and O–H groups in total. The van der Waals surface area contributed by atoms with Gasteiger partial charge in [0.25, 0.3) is 0 Å². The van der Waals surface area contributed by atoms with E-state index >= 15 is 0 Å². The van der Waals surface area contributed by atoms with Crippen molar-refractivity contribution in [2.45, 2.75) is 40.0 Å². The van der Waals surface area contributed by atoms with E-state index in [0.29, 0.717) is 6.61 Å². The minimum atomic E-state index is -0.0560. The van der Waals surface area contributed by atoms with Gasteiger partial charge in [0.05, 0.1) is 12.6 Å². The topological polar surface area (TPSA) is 32.8 Å². The summed E-state index contributed by atoms with van der Waals surface area (Å²) in [5, 5.41) is 0. The number of hydrogen-bond acceptors (Lipinski definition) is 4. The maximum atomic E-state index is 11.5. The molecule has 4 nitrogen and oxygen atoms in total. The van der Waals surface area contributed by atoms with E-state index in [-0.39, 0.29) is 11.9 Å². The first-order valence-electron chi connectivity index (χ1n) is 7.28. The van der Waals surface area contributed by atoms with Crippen molar-refractivity contribution < 1.29 is 9.53 Å². The maximum absolute atomic E-state index is 11.5. The van der Waals surface area contributed by atoms with Crippen LogP contribution in [0.1, 0.15) is 40.0 Å². The van der Waals surface area contributed by atoms with E-state index in [2.05, 4.69) is 16.7 Å². The van der Waals surface area contributed by atoms with Gasteiger partial charge >= 0.3 is 5.97 Å². The summed E-state index contributed by atoms with van der Waals surface area (Å²) in [6.45, 7) is 12.0. The Kier molecular flexibility index (Phi) is 7.28. The van der Waals surface area contributed by atoms with Crippen molar-refractivity contribution >= 4 is 5.97 Å². The van der Waals surface area contributed by atoms with E-state index in [9.17, 15) is 4.79 Å². The molecule has 0 aliphatic carbocycles. The molecule has 0 radical (unpaired) electrons. The van der Waals surface area contributed by atoms with Crippen LogP contribution in [-0.2, 0) is 9.53 Å². The summed E-state index contributed by atoms with van der Waals surface area (Å²) in [5.41, 5.74) is 0. The molecule has 0 amide bonds. The molecule has 0 spiro atoms. The van der Waals surface area contributed by atoms with Crippen molar-refractivity contribution in [2.24, 2.45) is 5.92 Å². The number of carbonyl (C=O) groups is 1. The minimum absolute atomic E-state index is 0.0321. The van der Waals surface area contributed by atoms with Crippen LogP contribution in [0.3, 0.4) is 0 Å². The summed E-state index contributed by atoms with van der Waals surface area (Å²) < 4.78 is 5.27. The molecule has 1 aliphatic heterocycles. The molecule has 1 rings (SSSR count). The first-order valence-corrected chi connectivity index (χ1v) is 7.28. The van der Waals surface area contributed by atoms with Gasteiger partial charge in [-0.15, -0.1) is 0 Å². The van der Waals surface area contributed by atoms with Crippen LogP contribution < -0.4 is 0 Å². The molecule has 1 atom stereocenters. The molecule has 1 aliphatic rings. The molecule has 18 heavy (non-hydrogen) atoms. The zero-order valence-corrected chi connectivity index (χ0v) is 12.2. The second-order valence-corrected chi connectivity index (χ2v) is 5.21. The summed E-state index contributed by atoms with van der Waals surface area (Å²) in [6, 6.07) is 0. The van der Waals surface area contributed by atoms with Gasteiger partial charge in [-0.1, -0.05) is 27.2 Å². The van der Waals surface area contributed by atoms with Gasteiger partial charge in [0.2, 0.25) is 0 Å². The highest BCUT2D eigenvalue weighted by Gasteiger charge is 2.19. The first-order chi connectivity index (χ1) is 8.67. The van der Waals surface area contributed by atoms with Crippen LogP contribution in [0.2, 0.25) is 0 Å². The maximum Gasteiger partial charge on any atom is 0.308 e. The second-order valence-electron chi connectivity index (χ2n) is 5.21. The third kappa shape index (κ3) is 5.36. The lowest BCUT2D eigenvalue weighted by Gasteiger charge is -2.18. The van der Waals surface area contributed by atoms with Crippen LogP contribution in [0.25, 0.3) is 0 Å². The molecule has 0 aromatic heterocycles. The molecule has 106 valence electrons. The molecule has 1 heterocycles. The van der Waals surface area contributed by atoms with Gasteiger partial charge < -0.3 is 4.74 Å². The predicted octanol–water partition coefficient (Wildman–Crippen LogP) is 1.95. The number of nitrogens with zero attached hydrogens (tertiary/aromatic N) is 2. The monoisotopic (exact) mass is 256 g/mol. The summed E-state index contributed by atoms with van der Waals surface area (Å²) in [7, 11) is 0. The standard InChI is InChI=1S/C14H28N2O2/c1-4-6-7-15-8-9-16(12-15)10-11-18-14(17)13(3)5-2/h13H,4-12H2,1-3H3. The van der Waals surface area contributed by atoms with E-state index in [1.54, 1.807) is 0 Å². The fraction of sp³-hybridized carbons (Fsp3) is 0.929. The Hall–Kier alpha value is -0.610. The average molecular weight is 256 g/mol. The number of hydrogen-bond donors (Lipinski definition) is 0. The van der Waals surface area contributed by atoms with Crippen molar-refractivity contribution in [2.75, 3.05) is 39.5 Å². The Morgan fingerprint density at radius 2 is 1.89 bits per heavy atom. The fourth-order valence-electron chi connectivity index (χ4n) is 2.04. The SMILES string of the molecule is CCCCN1CCN(CCOC(=O)C(C)CC)C1. The molecule has 1 saturated heterocycles. The molecule has 1 fully saturated rings. The lowest BCUT2D eigenvalue weighted by Crippen LogP contribution is -2.30. The summed E-state index contributed by atoms with van der Waals surface area (Å²) in [5.74, 6) is -0.0239. The Bertz CT molecular complexity index is 246. The zero-order chi connectivity index (χ0) is 13.4. The zero-order valence-electron chi connectivity index (χ0n) is 12.2. The lowest BCUT2D eigenvalue weighted by atomic mass is 10.1. The summed E-state index contributed by atoms with van der Waals surface area (Å²) >= 11 is 0. The quantitative estimate of drug-likeness (QED) is 0.621.